The number of carbonyl (C=O) groups is 4. The number of likely N-dealkylation sites (N-methyl/N-ethyl adjacent to an activating group) is 1. The van der Waals surface area contributed by atoms with Gasteiger partial charge in [-0.15, -0.1) is 0 Å². The first kappa shape index (κ1) is 27.7. The molecule has 0 fully saturated rings. The Morgan fingerprint density at radius 3 is 2.39 bits per heavy atom. The molecule has 2 atom stereocenters. The molecule has 5 N–H and O–H groups in total. The first-order valence-corrected chi connectivity index (χ1v) is 10.9. The van der Waals surface area contributed by atoms with E-state index in [-0.39, 0.29) is 11.3 Å². The Bertz CT molecular complexity index is 865. The lowest BCUT2D eigenvalue weighted by atomic mass is 9.99. The zero-order chi connectivity index (χ0) is 25.3. The molecule has 33 heavy (non-hydrogen) atoms. The highest BCUT2D eigenvalue weighted by Gasteiger charge is 2.36. The molecule has 0 radical (unpaired) electrons. The molecular weight excluding hydrogens is 428 g/mol. The molecule has 10 heteroatoms. The number of hydrogen-bond donors (Lipinski definition) is 4. The Balaban J connectivity index is 3.29. The molecule has 2 unspecified atom stereocenters. The molecule has 1 rings (SSSR count). The van der Waals surface area contributed by atoms with Crippen LogP contribution in [0.1, 0.15) is 64.1 Å². The fraction of sp³-hybridized carbons (Fsp3) is 0.565. The number of nitrogens with one attached hydrogen (secondary N) is 2. The van der Waals surface area contributed by atoms with Gasteiger partial charge in [0.25, 0.3) is 0 Å². The first-order chi connectivity index (χ1) is 15.3. The van der Waals surface area contributed by atoms with Gasteiger partial charge in [0, 0.05) is 19.2 Å². The summed E-state index contributed by atoms with van der Waals surface area (Å²) in [5.41, 5.74) is 5.20. The van der Waals surface area contributed by atoms with Gasteiger partial charge in [-0.05, 0) is 39.7 Å². The highest BCUT2D eigenvalue weighted by atomic mass is 16.6. The number of hydrogen-bond acceptors (Lipinski definition) is 6. The lowest BCUT2D eigenvalue weighted by Gasteiger charge is -2.31. The largest absolute Gasteiger partial charge is 0.507 e. The molecule has 0 aliphatic carbocycles. The minimum Gasteiger partial charge on any atom is -0.507 e. The molecule has 0 heterocycles. The van der Waals surface area contributed by atoms with Gasteiger partial charge in [-0.3, -0.25) is 14.4 Å². The highest BCUT2D eigenvalue weighted by molar-refractivity contribution is 5.94. The van der Waals surface area contributed by atoms with Gasteiger partial charge in [0.1, 0.15) is 23.4 Å². The number of alkyl carbamates (subject to hydrolysis) is 1. The minimum absolute atomic E-state index is 0.126. The van der Waals surface area contributed by atoms with Crippen LogP contribution in [0, 0.1) is 6.92 Å². The van der Waals surface area contributed by atoms with Crippen LogP contribution in [0.15, 0.2) is 18.2 Å². The molecule has 1 aromatic rings. The number of nitrogens with zero attached hydrogens (tertiary/aromatic N) is 1. The standard InChI is InChI=1S/C23H36N4O6/c1-7-8-12-25-20(30)18(15-11-9-10-14(2)19(15)29)27(6)21(31)16(13-17(24)28)26-22(32)33-23(3,4)5/h9-11,16,18,29H,7-8,12-13H2,1-6H3,(H2,24,28)(H,25,30)(H,26,32). The summed E-state index contributed by atoms with van der Waals surface area (Å²) in [5.74, 6) is -2.19. The van der Waals surface area contributed by atoms with Gasteiger partial charge >= 0.3 is 6.09 Å². The second-order valence-corrected chi connectivity index (χ2v) is 8.88. The molecule has 0 spiro atoms. The maximum Gasteiger partial charge on any atom is 0.408 e. The third-order valence-corrected chi connectivity index (χ3v) is 4.77. The summed E-state index contributed by atoms with van der Waals surface area (Å²) in [5, 5.41) is 15.7. The molecule has 4 amide bonds. The molecule has 0 aromatic heterocycles. The number of para-hydroxylation sites is 1. The third kappa shape index (κ3) is 8.63. The Hall–Kier alpha value is -3.30. The van der Waals surface area contributed by atoms with E-state index in [0.717, 1.165) is 17.7 Å². The molecule has 184 valence electrons. The van der Waals surface area contributed by atoms with E-state index >= 15 is 0 Å². The SMILES string of the molecule is CCCCNC(=O)C(c1cccc(C)c1O)N(C)C(=O)C(CC(N)=O)NC(=O)OC(C)(C)C. The van der Waals surface area contributed by atoms with Gasteiger partial charge < -0.3 is 31.1 Å². The molecule has 0 aliphatic rings. The van der Waals surface area contributed by atoms with Crippen LogP contribution in [0.5, 0.6) is 5.75 Å². The summed E-state index contributed by atoms with van der Waals surface area (Å²) in [6.45, 7) is 9.00. The van der Waals surface area contributed by atoms with Gasteiger partial charge in [-0.1, -0.05) is 31.5 Å². The topological polar surface area (TPSA) is 151 Å². The van der Waals surface area contributed by atoms with Crippen LogP contribution in [0.4, 0.5) is 4.79 Å². The van der Waals surface area contributed by atoms with Gasteiger partial charge in [-0.25, -0.2) is 4.79 Å². The van der Waals surface area contributed by atoms with Crippen LogP contribution in [-0.4, -0.2) is 59.1 Å². The average Bonchev–Trinajstić information content (AvgIpc) is 2.68. The summed E-state index contributed by atoms with van der Waals surface area (Å²) >= 11 is 0. The van der Waals surface area contributed by atoms with Crippen LogP contribution in [-0.2, 0) is 19.1 Å². The van der Waals surface area contributed by atoms with Gasteiger partial charge in [-0.2, -0.15) is 0 Å². The van der Waals surface area contributed by atoms with Crippen molar-refractivity contribution in [3.63, 3.8) is 0 Å². The summed E-state index contributed by atoms with van der Waals surface area (Å²) in [6.07, 6.45) is 0.195. The van der Waals surface area contributed by atoms with E-state index in [4.69, 9.17) is 10.5 Å². The van der Waals surface area contributed by atoms with Gasteiger partial charge in [0.2, 0.25) is 17.7 Å². The number of phenols is 1. The fourth-order valence-electron chi connectivity index (χ4n) is 3.14. The number of unbranched alkanes of at least 4 members (excludes halogenated alkanes) is 1. The Kier molecular flexibility index (Phi) is 10.2. The predicted octanol–water partition coefficient (Wildman–Crippen LogP) is 1.89. The fourth-order valence-corrected chi connectivity index (χ4v) is 3.14. The first-order valence-electron chi connectivity index (χ1n) is 10.9. The number of aryl methyl sites for hydroxylation is 1. The smallest absolute Gasteiger partial charge is 0.408 e. The van der Waals surface area contributed by atoms with E-state index in [2.05, 4.69) is 10.6 Å². The number of amides is 4. The Morgan fingerprint density at radius 1 is 1.21 bits per heavy atom. The van der Waals surface area contributed by atoms with Crippen molar-refractivity contribution in [2.75, 3.05) is 13.6 Å². The van der Waals surface area contributed by atoms with Crippen molar-refractivity contribution in [2.45, 2.75) is 71.6 Å². The van der Waals surface area contributed by atoms with Crippen molar-refractivity contribution in [3.8, 4) is 5.75 Å². The summed E-state index contributed by atoms with van der Waals surface area (Å²) in [7, 11) is 1.36. The number of carbonyl (C=O) groups excluding carboxylic acids is 4. The molecular formula is C23H36N4O6. The van der Waals surface area contributed by atoms with E-state index in [9.17, 15) is 24.3 Å². The van der Waals surface area contributed by atoms with Crippen molar-refractivity contribution in [1.82, 2.24) is 15.5 Å². The predicted molar refractivity (Wildman–Crippen MR) is 123 cm³/mol. The number of rotatable bonds is 10. The molecule has 10 nitrogen and oxygen atoms in total. The normalized spacial score (nSPS) is 12.9. The van der Waals surface area contributed by atoms with Crippen LogP contribution >= 0.6 is 0 Å². The Labute approximate surface area is 194 Å². The lowest BCUT2D eigenvalue weighted by molar-refractivity contribution is -0.141. The zero-order valence-corrected chi connectivity index (χ0v) is 20.2. The number of nitrogens with two attached hydrogens (primary N) is 1. The summed E-state index contributed by atoms with van der Waals surface area (Å²) in [4.78, 5) is 51.3. The second-order valence-electron chi connectivity index (χ2n) is 8.88. The van der Waals surface area contributed by atoms with Crippen LogP contribution < -0.4 is 16.4 Å². The van der Waals surface area contributed by atoms with Crippen molar-refractivity contribution >= 4 is 23.8 Å². The van der Waals surface area contributed by atoms with E-state index in [1.54, 1.807) is 45.9 Å². The monoisotopic (exact) mass is 464 g/mol. The van der Waals surface area contributed by atoms with Crippen LogP contribution in [0.3, 0.4) is 0 Å². The van der Waals surface area contributed by atoms with Gasteiger partial charge in [0.15, 0.2) is 0 Å². The summed E-state index contributed by atoms with van der Waals surface area (Å²) in [6, 6.07) is 2.31. The Morgan fingerprint density at radius 2 is 1.85 bits per heavy atom. The van der Waals surface area contributed by atoms with Crippen molar-refractivity contribution in [3.05, 3.63) is 29.3 Å². The number of primary amides is 1. The second kappa shape index (κ2) is 12.1. The van der Waals surface area contributed by atoms with E-state index < -0.39 is 47.9 Å². The molecule has 0 saturated carbocycles. The third-order valence-electron chi connectivity index (χ3n) is 4.77. The lowest BCUT2D eigenvalue weighted by Crippen LogP contribution is -2.52. The van der Waals surface area contributed by atoms with Crippen molar-refractivity contribution in [2.24, 2.45) is 5.73 Å². The quantitative estimate of drug-likeness (QED) is 0.388. The van der Waals surface area contributed by atoms with Crippen molar-refractivity contribution < 1.29 is 29.0 Å². The molecule has 1 aromatic carbocycles. The number of aromatic hydroxyl groups is 1. The number of phenolic OH excluding ortho intramolecular Hbond substituents is 1. The average molecular weight is 465 g/mol. The number of benzene rings is 1. The van der Waals surface area contributed by atoms with E-state index in [1.807, 2.05) is 6.92 Å². The van der Waals surface area contributed by atoms with Crippen LogP contribution in [0.25, 0.3) is 0 Å². The number of ether oxygens (including phenoxy) is 1. The minimum atomic E-state index is -1.36. The summed E-state index contributed by atoms with van der Waals surface area (Å²) < 4.78 is 5.18. The van der Waals surface area contributed by atoms with Gasteiger partial charge in [0.05, 0.1) is 6.42 Å². The highest BCUT2D eigenvalue weighted by Crippen LogP contribution is 2.31. The maximum atomic E-state index is 13.3. The van der Waals surface area contributed by atoms with Crippen LogP contribution in [0.2, 0.25) is 0 Å². The molecule has 0 saturated heterocycles. The van der Waals surface area contributed by atoms with Crippen molar-refractivity contribution in [1.29, 1.82) is 0 Å². The molecule has 0 bridgehead atoms. The van der Waals surface area contributed by atoms with E-state index in [0.29, 0.717) is 12.1 Å². The maximum absolute atomic E-state index is 13.3. The zero-order valence-electron chi connectivity index (χ0n) is 20.2. The van der Waals surface area contributed by atoms with E-state index in [1.165, 1.54) is 7.05 Å². The molecule has 0 aliphatic heterocycles.